The van der Waals surface area contributed by atoms with Crippen molar-refractivity contribution in [1.29, 1.82) is 0 Å². The lowest BCUT2D eigenvalue weighted by atomic mass is 10.3. The number of ether oxygens (including phenoxy) is 2. The quantitative estimate of drug-likeness (QED) is 0.294. The Morgan fingerprint density at radius 2 is 1.79 bits per heavy atom. The molecule has 0 spiro atoms. The SMILES string of the molecule is CCOc1ccc(NC(=O)[C@@H](C)OC(=O)CSc2ccc([N+](=O)[O-])cc2)cc1. The number of carbonyl (C=O) groups is 2. The van der Waals surface area contributed by atoms with Crippen LogP contribution >= 0.6 is 11.8 Å². The summed E-state index contributed by atoms with van der Waals surface area (Å²) in [6.07, 6.45) is -0.962. The van der Waals surface area contributed by atoms with Crippen LogP contribution < -0.4 is 10.1 Å². The molecule has 0 aliphatic heterocycles. The minimum Gasteiger partial charge on any atom is -0.494 e. The third kappa shape index (κ3) is 6.58. The molecule has 0 bridgehead atoms. The van der Waals surface area contributed by atoms with Crippen molar-refractivity contribution in [2.75, 3.05) is 17.7 Å². The van der Waals surface area contributed by atoms with Crippen molar-refractivity contribution < 1.29 is 24.0 Å². The molecule has 2 aromatic carbocycles. The van der Waals surface area contributed by atoms with E-state index in [0.29, 0.717) is 22.9 Å². The van der Waals surface area contributed by atoms with Crippen LogP contribution in [0.4, 0.5) is 11.4 Å². The van der Waals surface area contributed by atoms with Gasteiger partial charge in [0, 0.05) is 22.7 Å². The van der Waals surface area contributed by atoms with Gasteiger partial charge in [0.1, 0.15) is 5.75 Å². The summed E-state index contributed by atoms with van der Waals surface area (Å²) in [7, 11) is 0. The Hall–Kier alpha value is -3.07. The average Bonchev–Trinajstić information content (AvgIpc) is 2.68. The molecule has 0 radical (unpaired) electrons. The van der Waals surface area contributed by atoms with Crippen molar-refractivity contribution in [3.05, 3.63) is 58.6 Å². The van der Waals surface area contributed by atoms with Crippen molar-refractivity contribution in [2.45, 2.75) is 24.8 Å². The minimum absolute atomic E-state index is 0.0154. The average molecular weight is 404 g/mol. The first kappa shape index (κ1) is 21.2. The number of carbonyl (C=O) groups excluding carboxylic acids is 2. The normalized spacial score (nSPS) is 11.4. The largest absolute Gasteiger partial charge is 0.494 e. The Balaban J connectivity index is 1.78. The van der Waals surface area contributed by atoms with E-state index in [1.807, 2.05) is 6.92 Å². The van der Waals surface area contributed by atoms with Crippen LogP contribution in [-0.2, 0) is 14.3 Å². The smallest absolute Gasteiger partial charge is 0.317 e. The van der Waals surface area contributed by atoms with Gasteiger partial charge in [-0.1, -0.05) is 0 Å². The van der Waals surface area contributed by atoms with Gasteiger partial charge in [-0.3, -0.25) is 19.7 Å². The van der Waals surface area contributed by atoms with Crippen molar-refractivity contribution >= 4 is 35.0 Å². The van der Waals surface area contributed by atoms with E-state index in [9.17, 15) is 19.7 Å². The fourth-order valence-corrected chi connectivity index (χ4v) is 2.82. The lowest BCUT2D eigenvalue weighted by Crippen LogP contribution is -2.30. The molecule has 28 heavy (non-hydrogen) atoms. The maximum Gasteiger partial charge on any atom is 0.317 e. The van der Waals surface area contributed by atoms with Crippen molar-refractivity contribution in [1.82, 2.24) is 0 Å². The summed E-state index contributed by atoms with van der Waals surface area (Å²) in [5, 5.41) is 13.3. The second kappa shape index (κ2) is 10.3. The van der Waals surface area contributed by atoms with Gasteiger partial charge in [0.05, 0.1) is 17.3 Å². The number of nitro groups is 1. The maximum atomic E-state index is 12.1. The molecule has 0 unspecified atom stereocenters. The van der Waals surface area contributed by atoms with Gasteiger partial charge in [0.25, 0.3) is 11.6 Å². The highest BCUT2D eigenvalue weighted by Gasteiger charge is 2.18. The number of nitrogens with zero attached hydrogens (tertiary/aromatic N) is 1. The Labute approximate surface area is 166 Å². The fraction of sp³-hybridized carbons (Fsp3) is 0.263. The molecule has 9 heteroatoms. The molecular formula is C19H20N2O6S. The van der Waals surface area contributed by atoms with Gasteiger partial charge >= 0.3 is 5.97 Å². The van der Waals surface area contributed by atoms with Crippen LogP contribution in [0.25, 0.3) is 0 Å². The number of nitro benzene ring substituents is 1. The molecule has 8 nitrogen and oxygen atoms in total. The second-order valence-corrected chi connectivity index (χ2v) is 6.67. The summed E-state index contributed by atoms with van der Waals surface area (Å²) in [5.41, 5.74) is 0.545. The van der Waals surface area contributed by atoms with Crippen LogP contribution in [0.15, 0.2) is 53.4 Å². The molecule has 1 amide bonds. The number of anilines is 1. The molecule has 0 fully saturated rings. The Kier molecular flexibility index (Phi) is 7.82. The highest BCUT2D eigenvalue weighted by atomic mass is 32.2. The number of thioether (sulfide) groups is 1. The third-order valence-corrected chi connectivity index (χ3v) is 4.50. The van der Waals surface area contributed by atoms with E-state index in [1.54, 1.807) is 36.4 Å². The molecule has 0 heterocycles. The number of hydrogen-bond acceptors (Lipinski definition) is 7. The van der Waals surface area contributed by atoms with Crippen LogP contribution in [0.1, 0.15) is 13.8 Å². The summed E-state index contributed by atoms with van der Waals surface area (Å²) >= 11 is 1.17. The summed E-state index contributed by atoms with van der Waals surface area (Å²) in [4.78, 5) is 34.9. The van der Waals surface area contributed by atoms with Crippen LogP contribution in [0.2, 0.25) is 0 Å². The zero-order chi connectivity index (χ0) is 20.5. The number of rotatable bonds is 9. The number of nitrogens with one attached hydrogen (secondary N) is 1. The van der Waals surface area contributed by atoms with E-state index >= 15 is 0 Å². The highest BCUT2D eigenvalue weighted by molar-refractivity contribution is 8.00. The number of esters is 1. The molecule has 0 aliphatic carbocycles. The standard InChI is InChI=1S/C19H20N2O6S/c1-3-26-16-8-4-14(5-9-16)20-19(23)13(2)27-18(22)12-28-17-10-6-15(7-11-17)21(24)25/h4-11,13H,3,12H2,1-2H3,(H,20,23)/t13-/m1/s1. The van der Waals surface area contributed by atoms with E-state index in [0.717, 1.165) is 0 Å². The molecule has 0 aliphatic rings. The van der Waals surface area contributed by atoms with E-state index in [4.69, 9.17) is 9.47 Å². The lowest BCUT2D eigenvalue weighted by Gasteiger charge is -2.14. The van der Waals surface area contributed by atoms with E-state index < -0.39 is 22.9 Å². The molecule has 1 N–H and O–H groups in total. The molecule has 0 aromatic heterocycles. The number of amides is 1. The van der Waals surface area contributed by atoms with E-state index in [2.05, 4.69) is 5.32 Å². The molecule has 2 rings (SSSR count). The van der Waals surface area contributed by atoms with Crippen molar-refractivity contribution in [3.63, 3.8) is 0 Å². The van der Waals surface area contributed by atoms with E-state index in [1.165, 1.54) is 30.8 Å². The molecule has 148 valence electrons. The number of benzene rings is 2. The van der Waals surface area contributed by atoms with Crippen LogP contribution in [-0.4, -0.2) is 35.3 Å². The predicted octanol–water partition coefficient (Wildman–Crippen LogP) is 3.66. The summed E-state index contributed by atoms with van der Waals surface area (Å²) in [5.74, 6) is -0.322. The van der Waals surface area contributed by atoms with Gasteiger partial charge in [-0.15, -0.1) is 11.8 Å². The van der Waals surface area contributed by atoms with Gasteiger partial charge in [0.15, 0.2) is 6.10 Å². The van der Waals surface area contributed by atoms with Gasteiger partial charge in [-0.2, -0.15) is 0 Å². The first-order chi connectivity index (χ1) is 13.4. The molecular weight excluding hydrogens is 384 g/mol. The molecule has 1 atom stereocenters. The van der Waals surface area contributed by atoms with Gasteiger partial charge < -0.3 is 14.8 Å². The van der Waals surface area contributed by atoms with Crippen LogP contribution in [0, 0.1) is 10.1 Å². The minimum atomic E-state index is -0.962. The zero-order valence-corrected chi connectivity index (χ0v) is 16.2. The van der Waals surface area contributed by atoms with E-state index in [-0.39, 0.29) is 11.4 Å². The number of non-ortho nitro benzene ring substituents is 1. The lowest BCUT2D eigenvalue weighted by molar-refractivity contribution is -0.384. The summed E-state index contributed by atoms with van der Waals surface area (Å²) in [6, 6.07) is 12.7. The third-order valence-electron chi connectivity index (χ3n) is 3.51. The zero-order valence-electron chi connectivity index (χ0n) is 15.4. The fourth-order valence-electron chi connectivity index (χ4n) is 2.14. The highest BCUT2D eigenvalue weighted by Crippen LogP contribution is 2.21. The topological polar surface area (TPSA) is 108 Å². The van der Waals surface area contributed by atoms with Gasteiger partial charge in [-0.05, 0) is 50.2 Å². The second-order valence-electron chi connectivity index (χ2n) is 5.62. The molecule has 0 saturated heterocycles. The Bertz CT molecular complexity index is 823. The summed E-state index contributed by atoms with van der Waals surface area (Å²) < 4.78 is 10.5. The summed E-state index contributed by atoms with van der Waals surface area (Å²) in [6.45, 7) is 3.92. The molecule has 0 saturated carbocycles. The Morgan fingerprint density at radius 3 is 2.36 bits per heavy atom. The van der Waals surface area contributed by atoms with Gasteiger partial charge in [0.2, 0.25) is 0 Å². The Morgan fingerprint density at radius 1 is 1.14 bits per heavy atom. The van der Waals surface area contributed by atoms with Crippen LogP contribution in [0.5, 0.6) is 5.75 Å². The van der Waals surface area contributed by atoms with Crippen molar-refractivity contribution in [3.8, 4) is 5.75 Å². The van der Waals surface area contributed by atoms with Crippen LogP contribution in [0.3, 0.4) is 0 Å². The first-order valence-corrected chi connectivity index (χ1v) is 9.48. The molecule has 2 aromatic rings. The predicted molar refractivity (Wildman–Crippen MR) is 106 cm³/mol. The van der Waals surface area contributed by atoms with Gasteiger partial charge in [-0.25, -0.2) is 0 Å². The van der Waals surface area contributed by atoms with Crippen molar-refractivity contribution in [2.24, 2.45) is 0 Å². The maximum absolute atomic E-state index is 12.1. The number of hydrogen-bond donors (Lipinski definition) is 1. The monoisotopic (exact) mass is 404 g/mol. The first-order valence-electron chi connectivity index (χ1n) is 8.49.